The Balaban J connectivity index is 1.12. The molecule has 0 radical (unpaired) electrons. The van der Waals surface area contributed by atoms with Gasteiger partial charge in [0.25, 0.3) is 0 Å². The van der Waals surface area contributed by atoms with Gasteiger partial charge in [-0.2, -0.15) is 0 Å². The fourth-order valence-corrected chi connectivity index (χ4v) is 13.2. The van der Waals surface area contributed by atoms with Crippen LogP contribution in [0.4, 0.5) is 0 Å². The highest BCUT2D eigenvalue weighted by Crippen LogP contribution is 2.75. The number of ether oxygens (including phenoxy) is 1. The third kappa shape index (κ3) is 7.41. The normalized spacial score (nSPS) is 39.7. The third-order valence-electron chi connectivity index (χ3n) is 16.8. The number of hydrogen-bond acceptors (Lipinski definition) is 2. The van der Waals surface area contributed by atoms with Crippen LogP contribution in [-0.2, 0) is 9.53 Å². The van der Waals surface area contributed by atoms with Crippen LogP contribution in [0.3, 0.4) is 0 Å². The molecule has 0 aromatic carbocycles. The van der Waals surface area contributed by atoms with Crippen LogP contribution in [0.1, 0.15) is 216 Å². The molecule has 2 heteroatoms. The zero-order valence-electron chi connectivity index (χ0n) is 33.7. The monoisotopic (exact) mass is 665 g/mol. The van der Waals surface area contributed by atoms with Crippen molar-refractivity contribution in [2.75, 3.05) is 0 Å². The van der Waals surface area contributed by atoms with E-state index in [1.165, 1.54) is 135 Å². The van der Waals surface area contributed by atoms with Crippen LogP contribution in [0.25, 0.3) is 0 Å². The zero-order valence-corrected chi connectivity index (χ0v) is 33.7. The van der Waals surface area contributed by atoms with Gasteiger partial charge in [0.2, 0.25) is 0 Å². The van der Waals surface area contributed by atoms with Crippen LogP contribution >= 0.6 is 0 Å². The van der Waals surface area contributed by atoms with E-state index in [9.17, 15) is 4.79 Å². The molecule has 0 N–H and O–H groups in total. The van der Waals surface area contributed by atoms with E-state index in [1.807, 2.05) is 5.57 Å². The number of hydrogen-bond donors (Lipinski definition) is 0. The Labute approximate surface area is 299 Å². The highest BCUT2D eigenvalue weighted by Gasteiger charge is 2.68. The van der Waals surface area contributed by atoms with Crippen LogP contribution in [0, 0.1) is 50.2 Å². The van der Waals surface area contributed by atoms with Crippen molar-refractivity contribution >= 4 is 5.97 Å². The zero-order chi connectivity index (χ0) is 34.8. The molecule has 0 aromatic rings. The second-order valence-corrected chi connectivity index (χ2v) is 20.7. The molecule has 4 fully saturated rings. The van der Waals surface area contributed by atoms with Crippen LogP contribution in [0.15, 0.2) is 11.6 Å². The molecule has 0 aromatic heterocycles. The number of esters is 1. The second-order valence-electron chi connectivity index (χ2n) is 20.7. The molecule has 5 rings (SSSR count). The first kappa shape index (κ1) is 38.4. The number of carbonyl (C=O) groups is 1. The Morgan fingerprint density at radius 3 is 1.90 bits per heavy atom. The van der Waals surface area contributed by atoms with Crippen molar-refractivity contribution in [3.8, 4) is 0 Å². The average molecular weight is 665 g/mol. The van der Waals surface area contributed by atoms with Crippen molar-refractivity contribution < 1.29 is 9.53 Å². The summed E-state index contributed by atoms with van der Waals surface area (Å²) >= 11 is 0. The molecule has 0 heterocycles. The Morgan fingerprint density at radius 1 is 0.688 bits per heavy atom. The maximum atomic E-state index is 13.2. The van der Waals surface area contributed by atoms with Gasteiger partial charge in [0, 0.05) is 11.8 Å². The minimum atomic E-state index is 0.0312. The molecule has 276 valence electrons. The van der Waals surface area contributed by atoms with E-state index in [0.29, 0.717) is 39.4 Å². The van der Waals surface area contributed by atoms with Crippen LogP contribution in [0.2, 0.25) is 0 Å². The molecule has 0 aliphatic heterocycles. The lowest BCUT2D eigenvalue weighted by atomic mass is 9.33. The SMILES string of the molecule is CCCCCCCCCCCCCCCC(=O)O[C@H]1CC[C@@]2(C)[C@H](CC[C@]3(C)[C@@H]2CC=C2[C@H]4CC(C)(C)CC[C@]4(C)CC[C@]23C)C1(C)C. The van der Waals surface area contributed by atoms with Crippen molar-refractivity contribution in [3.63, 3.8) is 0 Å². The summed E-state index contributed by atoms with van der Waals surface area (Å²) in [7, 11) is 0. The van der Waals surface area contributed by atoms with Gasteiger partial charge in [0.15, 0.2) is 0 Å². The summed E-state index contributed by atoms with van der Waals surface area (Å²) in [5.41, 5.74) is 3.87. The highest BCUT2D eigenvalue weighted by molar-refractivity contribution is 5.69. The predicted molar refractivity (Wildman–Crippen MR) is 205 cm³/mol. The van der Waals surface area contributed by atoms with Crippen molar-refractivity contribution in [1.82, 2.24) is 0 Å². The summed E-state index contributed by atoms with van der Waals surface area (Å²) in [6, 6.07) is 0. The molecule has 5 aliphatic carbocycles. The summed E-state index contributed by atoms with van der Waals surface area (Å²) in [5.74, 6) is 2.18. The van der Waals surface area contributed by atoms with Crippen LogP contribution < -0.4 is 0 Å². The molecule has 0 unspecified atom stereocenters. The summed E-state index contributed by atoms with van der Waals surface area (Å²) in [6.45, 7) is 23.0. The van der Waals surface area contributed by atoms with Gasteiger partial charge in [0.05, 0.1) is 0 Å². The van der Waals surface area contributed by atoms with Crippen molar-refractivity contribution in [1.29, 1.82) is 0 Å². The number of carbonyl (C=O) groups excluding carboxylic acids is 1. The first-order valence-electron chi connectivity index (χ1n) is 21.5. The lowest BCUT2D eigenvalue weighted by Gasteiger charge is -2.71. The smallest absolute Gasteiger partial charge is 0.306 e. The average Bonchev–Trinajstić information content (AvgIpc) is 3.02. The fraction of sp³-hybridized carbons (Fsp3) is 0.935. The summed E-state index contributed by atoms with van der Waals surface area (Å²) in [5, 5.41) is 0. The van der Waals surface area contributed by atoms with E-state index in [0.717, 1.165) is 24.7 Å². The van der Waals surface area contributed by atoms with Crippen LogP contribution in [-0.4, -0.2) is 12.1 Å². The molecule has 8 atom stereocenters. The molecule has 4 saturated carbocycles. The van der Waals surface area contributed by atoms with Gasteiger partial charge in [-0.3, -0.25) is 4.79 Å². The van der Waals surface area contributed by atoms with Crippen molar-refractivity contribution in [3.05, 3.63) is 11.6 Å². The van der Waals surface area contributed by atoms with Gasteiger partial charge in [-0.1, -0.05) is 151 Å². The largest absolute Gasteiger partial charge is 0.462 e. The topological polar surface area (TPSA) is 26.3 Å². The first-order chi connectivity index (χ1) is 22.6. The number of fused-ring (bicyclic) bond motifs is 7. The Morgan fingerprint density at radius 2 is 1.27 bits per heavy atom. The van der Waals surface area contributed by atoms with Crippen molar-refractivity contribution in [2.45, 2.75) is 223 Å². The lowest BCUT2D eigenvalue weighted by Crippen LogP contribution is -2.64. The van der Waals surface area contributed by atoms with Crippen molar-refractivity contribution in [2.24, 2.45) is 50.2 Å². The minimum absolute atomic E-state index is 0.0312. The van der Waals surface area contributed by atoms with Gasteiger partial charge in [-0.15, -0.1) is 0 Å². The Hall–Kier alpha value is -0.790. The molecule has 48 heavy (non-hydrogen) atoms. The quantitative estimate of drug-likeness (QED) is 0.0989. The summed E-state index contributed by atoms with van der Waals surface area (Å²) in [4.78, 5) is 13.2. The number of allylic oxidation sites excluding steroid dienone is 2. The van der Waals surface area contributed by atoms with Gasteiger partial charge < -0.3 is 4.74 Å². The van der Waals surface area contributed by atoms with Gasteiger partial charge in [-0.25, -0.2) is 0 Å². The molecule has 0 saturated heterocycles. The Kier molecular flexibility index (Phi) is 12.1. The fourth-order valence-electron chi connectivity index (χ4n) is 13.2. The molecule has 0 spiro atoms. The molecular formula is C46H80O2. The Bertz CT molecular complexity index is 1120. The third-order valence-corrected chi connectivity index (χ3v) is 16.8. The summed E-state index contributed by atoms with van der Waals surface area (Å²) < 4.78 is 6.41. The summed E-state index contributed by atoms with van der Waals surface area (Å²) in [6.07, 6.45) is 34.0. The van der Waals surface area contributed by atoms with E-state index < -0.39 is 0 Å². The maximum Gasteiger partial charge on any atom is 0.306 e. The van der Waals surface area contributed by atoms with Gasteiger partial charge in [-0.05, 0) is 115 Å². The number of unbranched alkanes of at least 4 members (excludes halogenated alkanes) is 12. The van der Waals surface area contributed by atoms with E-state index in [-0.39, 0.29) is 17.5 Å². The van der Waals surface area contributed by atoms with Gasteiger partial charge in [0.1, 0.15) is 6.10 Å². The molecule has 0 bridgehead atoms. The lowest BCUT2D eigenvalue weighted by molar-refractivity contribution is -0.212. The highest BCUT2D eigenvalue weighted by atomic mass is 16.5. The van der Waals surface area contributed by atoms with E-state index in [1.54, 1.807) is 0 Å². The van der Waals surface area contributed by atoms with E-state index in [2.05, 4.69) is 68.4 Å². The van der Waals surface area contributed by atoms with Gasteiger partial charge >= 0.3 is 5.97 Å². The molecule has 2 nitrogen and oxygen atoms in total. The molecule has 0 amide bonds. The van der Waals surface area contributed by atoms with E-state index in [4.69, 9.17) is 4.74 Å². The molecule has 5 aliphatic rings. The number of rotatable bonds is 15. The standard InChI is InChI=1S/C46H80O2/c1-10-11-12-13-14-15-16-17-18-19-20-21-22-23-40(47)48-39-27-28-44(7)37(42(39,4)5)26-29-46(9)38(44)25-24-35-36-34-41(2,3)30-31-43(36,6)32-33-45(35,46)8/h24,36-39H,10-23,25-34H2,1-9H3/t36-,37-,38-,39+,43-,44+,45-,46-/m1/s1. The van der Waals surface area contributed by atoms with E-state index >= 15 is 0 Å². The van der Waals surface area contributed by atoms with Crippen LogP contribution in [0.5, 0.6) is 0 Å². The minimum Gasteiger partial charge on any atom is -0.462 e. The maximum absolute atomic E-state index is 13.2. The first-order valence-corrected chi connectivity index (χ1v) is 21.5. The predicted octanol–water partition coefficient (Wildman–Crippen LogP) is 14.2. The molecular weight excluding hydrogens is 585 g/mol. The second kappa shape index (κ2) is 15.1.